The van der Waals surface area contributed by atoms with Crippen LogP contribution >= 0.6 is 27.3 Å². The van der Waals surface area contributed by atoms with E-state index in [9.17, 15) is 0 Å². The van der Waals surface area contributed by atoms with Crippen LogP contribution in [-0.2, 0) is 13.2 Å². The smallest absolute Gasteiger partial charge is 0.124 e. The third kappa shape index (κ3) is 4.60. The number of nitrogens with one attached hydrogen (secondary N) is 1. The molecule has 0 aliphatic rings. The molecule has 0 amide bonds. The third-order valence-electron chi connectivity index (χ3n) is 2.62. The quantitative estimate of drug-likeness (QED) is 0.774. The van der Waals surface area contributed by atoms with Crippen LogP contribution in [0.5, 0.6) is 5.75 Å². The van der Waals surface area contributed by atoms with Crippen molar-refractivity contribution < 1.29 is 4.74 Å². The van der Waals surface area contributed by atoms with Gasteiger partial charge in [0, 0.05) is 17.2 Å². The first-order chi connectivity index (χ1) is 9.29. The molecule has 0 saturated heterocycles. The van der Waals surface area contributed by atoms with E-state index in [-0.39, 0.29) is 0 Å². The highest BCUT2D eigenvalue weighted by Crippen LogP contribution is 2.23. The summed E-state index contributed by atoms with van der Waals surface area (Å²) in [6, 6.07) is 6.09. The van der Waals surface area contributed by atoms with Crippen LogP contribution in [0.1, 0.15) is 23.8 Å². The molecule has 5 heteroatoms. The molecule has 1 aromatic heterocycles. The van der Waals surface area contributed by atoms with E-state index in [1.807, 2.05) is 23.8 Å². The van der Waals surface area contributed by atoms with E-state index in [0.717, 1.165) is 34.6 Å². The zero-order valence-corrected chi connectivity index (χ0v) is 13.3. The molecular weight excluding hydrogens is 324 g/mol. The topological polar surface area (TPSA) is 34.1 Å². The SMILES string of the molecule is CCCNCc1cc(OCc2cncs2)ccc1Br. The van der Waals surface area contributed by atoms with Gasteiger partial charge in [0.05, 0.1) is 10.4 Å². The van der Waals surface area contributed by atoms with Gasteiger partial charge in [-0.2, -0.15) is 0 Å². The van der Waals surface area contributed by atoms with Gasteiger partial charge in [0.15, 0.2) is 0 Å². The predicted molar refractivity (Wildman–Crippen MR) is 82.6 cm³/mol. The van der Waals surface area contributed by atoms with E-state index in [0.29, 0.717) is 6.61 Å². The molecule has 0 atom stereocenters. The number of hydrogen-bond acceptors (Lipinski definition) is 4. The molecular formula is C14H17BrN2OS. The van der Waals surface area contributed by atoms with E-state index in [1.165, 1.54) is 5.56 Å². The van der Waals surface area contributed by atoms with E-state index < -0.39 is 0 Å². The molecule has 3 nitrogen and oxygen atoms in total. The van der Waals surface area contributed by atoms with Gasteiger partial charge in [-0.3, -0.25) is 4.98 Å². The van der Waals surface area contributed by atoms with Gasteiger partial charge in [-0.25, -0.2) is 0 Å². The predicted octanol–water partition coefficient (Wildman–Crippen LogP) is 3.98. The van der Waals surface area contributed by atoms with Gasteiger partial charge in [-0.15, -0.1) is 11.3 Å². The molecule has 2 rings (SSSR count). The molecule has 0 unspecified atom stereocenters. The summed E-state index contributed by atoms with van der Waals surface area (Å²) in [5.41, 5.74) is 3.04. The molecule has 0 fully saturated rings. The van der Waals surface area contributed by atoms with Crippen molar-refractivity contribution in [2.24, 2.45) is 0 Å². The van der Waals surface area contributed by atoms with Crippen molar-refractivity contribution in [1.29, 1.82) is 0 Å². The number of benzene rings is 1. The monoisotopic (exact) mass is 340 g/mol. The average molecular weight is 341 g/mol. The molecule has 19 heavy (non-hydrogen) atoms. The summed E-state index contributed by atoms with van der Waals surface area (Å²) >= 11 is 5.18. The van der Waals surface area contributed by atoms with Crippen molar-refractivity contribution in [3.8, 4) is 5.75 Å². The van der Waals surface area contributed by atoms with Crippen molar-refractivity contribution in [3.63, 3.8) is 0 Å². The zero-order chi connectivity index (χ0) is 13.5. The maximum atomic E-state index is 5.77. The average Bonchev–Trinajstić information content (AvgIpc) is 2.93. The van der Waals surface area contributed by atoms with E-state index in [4.69, 9.17) is 4.74 Å². The van der Waals surface area contributed by atoms with Crippen LogP contribution < -0.4 is 10.1 Å². The van der Waals surface area contributed by atoms with Crippen LogP contribution in [0.2, 0.25) is 0 Å². The second kappa shape index (κ2) is 7.62. The minimum atomic E-state index is 0.578. The van der Waals surface area contributed by atoms with Crippen LogP contribution in [0.15, 0.2) is 34.4 Å². The van der Waals surface area contributed by atoms with Crippen molar-refractivity contribution in [2.75, 3.05) is 6.54 Å². The number of aromatic nitrogens is 1. The maximum Gasteiger partial charge on any atom is 0.124 e. The summed E-state index contributed by atoms with van der Waals surface area (Å²) in [4.78, 5) is 5.17. The number of halogens is 1. The Kier molecular flexibility index (Phi) is 5.82. The highest BCUT2D eigenvalue weighted by Gasteiger charge is 2.03. The molecule has 0 bridgehead atoms. The van der Waals surface area contributed by atoms with Gasteiger partial charge in [0.2, 0.25) is 0 Å². The number of nitrogens with zero attached hydrogens (tertiary/aromatic N) is 1. The summed E-state index contributed by atoms with van der Waals surface area (Å²) in [5, 5.41) is 3.40. The summed E-state index contributed by atoms with van der Waals surface area (Å²) in [6.07, 6.45) is 2.98. The van der Waals surface area contributed by atoms with E-state index in [1.54, 1.807) is 11.3 Å². The van der Waals surface area contributed by atoms with Crippen LogP contribution in [0.4, 0.5) is 0 Å². The lowest BCUT2D eigenvalue weighted by Crippen LogP contribution is -2.14. The molecule has 1 N–H and O–H groups in total. The molecule has 0 aliphatic heterocycles. The second-order valence-electron chi connectivity index (χ2n) is 4.19. The minimum absolute atomic E-state index is 0.578. The fraction of sp³-hybridized carbons (Fsp3) is 0.357. The molecule has 1 heterocycles. The van der Waals surface area contributed by atoms with Crippen molar-refractivity contribution in [3.05, 3.63) is 44.8 Å². The lowest BCUT2D eigenvalue weighted by atomic mass is 10.2. The highest BCUT2D eigenvalue weighted by molar-refractivity contribution is 9.10. The standard InChI is InChI=1S/C14H17BrN2OS/c1-2-5-16-7-11-6-12(3-4-14(11)15)18-9-13-8-17-10-19-13/h3-4,6,8,10,16H,2,5,7,9H2,1H3. The Bertz CT molecular complexity index is 502. The molecule has 0 aliphatic carbocycles. The Morgan fingerprint density at radius 2 is 2.32 bits per heavy atom. The van der Waals surface area contributed by atoms with Crippen molar-refractivity contribution in [1.82, 2.24) is 10.3 Å². The Morgan fingerprint density at radius 1 is 1.42 bits per heavy atom. The molecule has 102 valence electrons. The largest absolute Gasteiger partial charge is 0.488 e. The molecule has 0 radical (unpaired) electrons. The fourth-order valence-electron chi connectivity index (χ4n) is 1.64. The second-order valence-corrected chi connectivity index (χ2v) is 6.01. The Labute approximate surface area is 126 Å². The van der Waals surface area contributed by atoms with Gasteiger partial charge >= 0.3 is 0 Å². The third-order valence-corrected chi connectivity index (χ3v) is 4.15. The van der Waals surface area contributed by atoms with Gasteiger partial charge < -0.3 is 10.1 Å². The lowest BCUT2D eigenvalue weighted by Gasteiger charge is -2.10. The van der Waals surface area contributed by atoms with E-state index >= 15 is 0 Å². The molecule has 2 aromatic rings. The number of hydrogen-bond donors (Lipinski definition) is 1. The van der Waals surface area contributed by atoms with Crippen LogP contribution in [0, 0.1) is 0 Å². The summed E-state index contributed by atoms with van der Waals surface area (Å²) in [6.45, 7) is 4.62. The normalized spacial score (nSPS) is 10.6. The zero-order valence-electron chi connectivity index (χ0n) is 10.9. The molecule has 0 spiro atoms. The fourth-order valence-corrected chi connectivity index (χ4v) is 2.54. The highest BCUT2D eigenvalue weighted by atomic mass is 79.9. The van der Waals surface area contributed by atoms with E-state index in [2.05, 4.69) is 39.2 Å². The molecule has 0 saturated carbocycles. The first-order valence-electron chi connectivity index (χ1n) is 6.29. The summed E-state index contributed by atoms with van der Waals surface area (Å²) < 4.78 is 6.89. The Morgan fingerprint density at radius 3 is 3.05 bits per heavy atom. The van der Waals surface area contributed by atoms with Gasteiger partial charge in [0.25, 0.3) is 0 Å². The number of ether oxygens (including phenoxy) is 1. The Balaban J connectivity index is 1.95. The van der Waals surface area contributed by atoms with Crippen LogP contribution in [0.3, 0.4) is 0 Å². The first-order valence-corrected chi connectivity index (χ1v) is 7.96. The summed E-state index contributed by atoms with van der Waals surface area (Å²) in [7, 11) is 0. The van der Waals surface area contributed by atoms with Crippen LogP contribution in [0.25, 0.3) is 0 Å². The van der Waals surface area contributed by atoms with Gasteiger partial charge in [-0.05, 0) is 36.7 Å². The summed E-state index contributed by atoms with van der Waals surface area (Å²) in [5.74, 6) is 0.893. The minimum Gasteiger partial charge on any atom is -0.488 e. The van der Waals surface area contributed by atoms with Crippen molar-refractivity contribution >= 4 is 27.3 Å². The molecule has 1 aromatic carbocycles. The number of thiazole rings is 1. The number of rotatable bonds is 7. The maximum absolute atomic E-state index is 5.77. The van der Waals surface area contributed by atoms with Gasteiger partial charge in [-0.1, -0.05) is 22.9 Å². The van der Waals surface area contributed by atoms with Crippen molar-refractivity contribution in [2.45, 2.75) is 26.5 Å². The van der Waals surface area contributed by atoms with Crippen LogP contribution in [-0.4, -0.2) is 11.5 Å². The van der Waals surface area contributed by atoms with Gasteiger partial charge in [0.1, 0.15) is 12.4 Å². The lowest BCUT2D eigenvalue weighted by molar-refractivity contribution is 0.309. The first kappa shape index (κ1) is 14.5. The Hall–Kier alpha value is -0.910.